The lowest BCUT2D eigenvalue weighted by atomic mass is 10.1. The summed E-state index contributed by atoms with van der Waals surface area (Å²) in [6, 6.07) is 13.7. The van der Waals surface area contributed by atoms with Crippen molar-refractivity contribution < 1.29 is 14.3 Å². The number of methoxy groups -OCH3 is 1. The fourth-order valence-corrected chi connectivity index (χ4v) is 3.42. The summed E-state index contributed by atoms with van der Waals surface area (Å²) in [6.45, 7) is 4.87. The SMILES string of the molecule is CCOc1cc(CNC(=O)c2nnn(-c3ccc(C)cc3)c2C2CC2)ccc1OC. The highest BCUT2D eigenvalue weighted by Crippen LogP contribution is 2.42. The van der Waals surface area contributed by atoms with Crippen LogP contribution in [0.1, 0.15) is 53.0 Å². The molecule has 1 aliphatic rings. The number of aryl methyl sites for hydroxylation is 1. The fraction of sp³-hybridized carbons (Fsp3) is 0.348. The van der Waals surface area contributed by atoms with Gasteiger partial charge in [-0.3, -0.25) is 4.79 Å². The lowest BCUT2D eigenvalue weighted by Crippen LogP contribution is -2.24. The van der Waals surface area contributed by atoms with E-state index in [2.05, 4.69) is 15.6 Å². The molecule has 7 nitrogen and oxygen atoms in total. The van der Waals surface area contributed by atoms with Crippen LogP contribution in [0.2, 0.25) is 0 Å². The quantitative estimate of drug-likeness (QED) is 0.616. The third-order valence-corrected chi connectivity index (χ3v) is 5.14. The molecule has 7 heteroatoms. The van der Waals surface area contributed by atoms with Gasteiger partial charge in [0.1, 0.15) is 0 Å². The molecule has 0 bridgehead atoms. The van der Waals surface area contributed by atoms with E-state index < -0.39 is 0 Å². The van der Waals surface area contributed by atoms with Crippen molar-refractivity contribution >= 4 is 5.91 Å². The lowest BCUT2D eigenvalue weighted by molar-refractivity contribution is 0.0944. The van der Waals surface area contributed by atoms with Crippen LogP contribution in [0, 0.1) is 6.92 Å². The van der Waals surface area contributed by atoms with E-state index in [4.69, 9.17) is 9.47 Å². The molecule has 0 spiro atoms. The van der Waals surface area contributed by atoms with E-state index in [1.54, 1.807) is 11.8 Å². The zero-order chi connectivity index (χ0) is 21.1. The van der Waals surface area contributed by atoms with Gasteiger partial charge in [0, 0.05) is 12.5 Å². The number of carbonyl (C=O) groups excluding carboxylic acids is 1. The van der Waals surface area contributed by atoms with Crippen LogP contribution in [0.15, 0.2) is 42.5 Å². The summed E-state index contributed by atoms with van der Waals surface area (Å²) >= 11 is 0. The number of hydrogen-bond acceptors (Lipinski definition) is 5. The van der Waals surface area contributed by atoms with Crippen molar-refractivity contribution in [2.75, 3.05) is 13.7 Å². The molecule has 1 aliphatic carbocycles. The smallest absolute Gasteiger partial charge is 0.274 e. The minimum atomic E-state index is -0.218. The molecule has 1 saturated carbocycles. The maximum Gasteiger partial charge on any atom is 0.274 e. The standard InChI is InChI=1S/C23H26N4O3/c1-4-30-20-13-16(7-12-19(20)29-3)14-24-23(28)21-22(17-8-9-17)27(26-25-21)18-10-5-15(2)6-11-18/h5-7,10-13,17H,4,8-9,14H2,1-3H3,(H,24,28). The van der Waals surface area contributed by atoms with Crippen LogP contribution in [-0.4, -0.2) is 34.6 Å². The normalized spacial score (nSPS) is 13.2. The van der Waals surface area contributed by atoms with Crippen molar-refractivity contribution in [2.45, 2.75) is 39.2 Å². The van der Waals surface area contributed by atoms with Gasteiger partial charge in [-0.1, -0.05) is 29.0 Å². The van der Waals surface area contributed by atoms with Gasteiger partial charge in [-0.2, -0.15) is 0 Å². The predicted octanol–water partition coefficient (Wildman–Crippen LogP) is 3.79. The van der Waals surface area contributed by atoms with Crippen LogP contribution >= 0.6 is 0 Å². The molecule has 0 aliphatic heterocycles. The van der Waals surface area contributed by atoms with Gasteiger partial charge >= 0.3 is 0 Å². The van der Waals surface area contributed by atoms with Crippen LogP contribution in [-0.2, 0) is 6.54 Å². The molecule has 1 fully saturated rings. The minimum absolute atomic E-state index is 0.218. The van der Waals surface area contributed by atoms with Crippen molar-refractivity contribution in [3.8, 4) is 17.2 Å². The fourth-order valence-electron chi connectivity index (χ4n) is 3.42. The highest BCUT2D eigenvalue weighted by Gasteiger charge is 2.34. The second-order valence-electron chi connectivity index (χ2n) is 7.45. The molecule has 1 aromatic heterocycles. The topological polar surface area (TPSA) is 78.3 Å². The number of benzene rings is 2. The summed E-state index contributed by atoms with van der Waals surface area (Å²) in [5, 5.41) is 11.5. The van der Waals surface area contributed by atoms with Crippen molar-refractivity contribution in [3.63, 3.8) is 0 Å². The van der Waals surface area contributed by atoms with Crippen LogP contribution in [0.25, 0.3) is 5.69 Å². The molecule has 1 heterocycles. The van der Waals surface area contributed by atoms with Gasteiger partial charge in [-0.25, -0.2) is 4.68 Å². The molecule has 0 atom stereocenters. The first-order chi connectivity index (χ1) is 14.6. The van der Waals surface area contributed by atoms with Gasteiger partial charge in [0.15, 0.2) is 17.2 Å². The summed E-state index contributed by atoms with van der Waals surface area (Å²) in [6.07, 6.45) is 2.10. The molecule has 30 heavy (non-hydrogen) atoms. The molecular weight excluding hydrogens is 380 g/mol. The van der Waals surface area contributed by atoms with E-state index >= 15 is 0 Å². The number of amides is 1. The van der Waals surface area contributed by atoms with Gasteiger partial charge in [0.2, 0.25) is 0 Å². The van der Waals surface area contributed by atoms with E-state index in [-0.39, 0.29) is 5.91 Å². The first-order valence-corrected chi connectivity index (χ1v) is 10.2. The Morgan fingerprint density at radius 2 is 1.93 bits per heavy atom. The number of rotatable bonds is 8. The Balaban J connectivity index is 1.53. The van der Waals surface area contributed by atoms with Crippen molar-refractivity contribution in [1.82, 2.24) is 20.3 Å². The summed E-state index contributed by atoms with van der Waals surface area (Å²) in [4.78, 5) is 12.9. The van der Waals surface area contributed by atoms with Crippen molar-refractivity contribution in [1.29, 1.82) is 0 Å². The Labute approximate surface area is 176 Å². The number of aromatic nitrogens is 3. The van der Waals surface area contributed by atoms with Crippen LogP contribution in [0.5, 0.6) is 11.5 Å². The average Bonchev–Trinajstić information content (AvgIpc) is 3.51. The van der Waals surface area contributed by atoms with Crippen LogP contribution < -0.4 is 14.8 Å². The van der Waals surface area contributed by atoms with Gasteiger partial charge < -0.3 is 14.8 Å². The Morgan fingerprint density at radius 3 is 2.60 bits per heavy atom. The lowest BCUT2D eigenvalue weighted by Gasteiger charge is -2.12. The Kier molecular flexibility index (Phi) is 5.70. The third-order valence-electron chi connectivity index (χ3n) is 5.14. The molecule has 1 N–H and O–H groups in total. The monoisotopic (exact) mass is 406 g/mol. The minimum Gasteiger partial charge on any atom is -0.493 e. The van der Waals surface area contributed by atoms with E-state index in [1.165, 1.54) is 5.56 Å². The number of carbonyl (C=O) groups is 1. The maximum atomic E-state index is 12.9. The van der Waals surface area contributed by atoms with E-state index in [0.717, 1.165) is 29.8 Å². The highest BCUT2D eigenvalue weighted by atomic mass is 16.5. The molecule has 1 amide bonds. The third kappa shape index (κ3) is 4.15. The summed E-state index contributed by atoms with van der Waals surface area (Å²) < 4.78 is 12.7. The Bertz CT molecular complexity index is 1040. The van der Waals surface area contributed by atoms with Crippen molar-refractivity contribution in [2.24, 2.45) is 0 Å². The van der Waals surface area contributed by atoms with Gasteiger partial charge in [-0.05, 0) is 56.5 Å². The zero-order valence-electron chi connectivity index (χ0n) is 17.5. The summed E-state index contributed by atoms with van der Waals surface area (Å²) in [5.74, 6) is 1.44. The molecule has 3 aromatic rings. The summed E-state index contributed by atoms with van der Waals surface area (Å²) in [5.41, 5.74) is 4.31. The van der Waals surface area contributed by atoms with E-state index in [9.17, 15) is 4.79 Å². The second kappa shape index (κ2) is 8.57. The molecule has 156 valence electrons. The van der Waals surface area contributed by atoms with E-state index in [1.807, 2.05) is 56.3 Å². The molecule has 0 saturated heterocycles. The number of nitrogens with zero attached hydrogens (tertiary/aromatic N) is 3. The van der Waals surface area contributed by atoms with Crippen molar-refractivity contribution in [3.05, 3.63) is 65.0 Å². The van der Waals surface area contributed by atoms with Gasteiger partial charge in [0.25, 0.3) is 5.91 Å². The van der Waals surface area contributed by atoms with E-state index in [0.29, 0.717) is 36.3 Å². The zero-order valence-corrected chi connectivity index (χ0v) is 17.5. The first-order valence-electron chi connectivity index (χ1n) is 10.2. The molecule has 2 aromatic carbocycles. The van der Waals surface area contributed by atoms with Crippen LogP contribution in [0.3, 0.4) is 0 Å². The number of hydrogen-bond donors (Lipinski definition) is 1. The second-order valence-corrected chi connectivity index (χ2v) is 7.45. The average molecular weight is 406 g/mol. The van der Waals surface area contributed by atoms with Gasteiger partial charge in [-0.15, -0.1) is 5.10 Å². The highest BCUT2D eigenvalue weighted by molar-refractivity contribution is 5.93. The molecular formula is C23H26N4O3. The number of nitrogens with one attached hydrogen (secondary N) is 1. The summed E-state index contributed by atoms with van der Waals surface area (Å²) in [7, 11) is 1.61. The maximum absolute atomic E-state index is 12.9. The number of ether oxygens (including phenoxy) is 2. The Morgan fingerprint density at radius 1 is 1.17 bits per heavy atom. The van der Waals surface area contributed by atoms with Crippen LogP contribution in [0.4, 0.5) is 0 Å². The predicted molar refractivity (Wildman–Crippen MR) is 113 cm³/mol. The molecule has 0 radical (unpaired) electrons. The van der Waals surface area contributed by atoms with Gasteiger partial charge in [0.05, 0.1) is 25.1 Å². The molecule has 0 unspecified atom stereocenters. The Hall–Kier alpha value is -3.35. The first kappa shape index (κ1) is 19.9. The largest absolute Gasteiger partial charge is 0.493 e. The molecule has 4 rings (SSSR count).